The highest BCUT2D eigenvalue weighted by Gasteiger charge is 2.30. The molecule has 3 N–H and O–H groups in total. The summed E-state index contributed by atoms with van der Waals surface area (Å²) in [5, 5.41) is 2.47. The number of nitrogens with one attached hydrogen (secondary N) is 1. The van der Waals surface area contributed by atoms with E-state index in [9.17, 15) is 18.0 Å². The van der Waals surface area contributed by atoms with Crippen LogP contribution in [0.3, 0.4) is 0 Å². The summed E-state index contributed by atoms with van der Waals surface area (Å²) >= 11 is 0. The van der Waals surface area contributed by atoms with Gasteiger partial charge in [0.2, 0.25) is 5.91 Å². The molecule has 26 heavy (non-hydrogen) atoms. The molecule has 3 amide bonds. The molecule has 1 aromatic rings. The molecule has 1 atom stereocenters. The molecular weight excluding hydrogens is 354 g/mol. The van der Waals surface area contributed by atoms with Crippen LogP contribution in [0.1, 0.15) is 38.5 Å². The zero-order valence-corrected chi connectivity index (χ0v) is 15.5. The molecule has 1 unspecified atom stereocenters. The second-order valence-corrected chi connectivity index (χ2v) is 9.32. The predicted octanol–water partition coefficient (Wildman–Crippen LogP) is 2.13. The minimum atomic E-state index is -3.30. The first-order chi connectivity index (χ1) is 12.4. The summed E-state index contributed by atoms with van der Waals surface area (Å²) in [4.78, 5) is 25.6. The van der Waals surface area contributed by atoms with E-state index in [1.807, 2.05) is 0 Å². The molecule has 0 radical (unpaired) electrons. The second kappa shape index (κ2) is 7.65. The lowest BCUT2D eigenvalue weighted by molar-refractivity contribution is -0.123. The van der Waals surface area contributed by atoms with Gasteiger partial charge < -0.3 is 16.0 Å². The standard InChI is InChI=1S/C18H25N3O4S/c19-17(22)13-4-3-11-21(12-13)18(23)20-14-7-9-16(10-8-14)26(24,25)15-5-1-2-6-15/h7-10,13,15H,1-6,11-12H2,(H2,19,22)(H,20,23). The van der Waals surface area contributed by atoms with E-state index in [4.69, 9.17) is 5.73 Å². The summed E-state index contributed by atoms with van der Waals surface area (Å²) in [5.74, 6) is -0.697. The van der Waals surface area contributed by atoms with Crippen molar-refractivity contribution in [2.45, 2.75) is 48.7 Å². The van der Waals surface area contributed by atoms with E-state index >= 15 is 0 Å². The number of nitrogens with two attached hydrogens (primary N) is 1. The van der Waals surface area contributed by atoms with Crippen LogP contribution >= 0.6 is 0 Å². The van der Waals surface area contributed by atoms with Gasteiger partial charge in [-0.25, -0.2) is 13.2 Å². The average molecular weight is 379 g/mol. The van der Waals surface area contributed by atoms with Crippen molar-refractivity contribution in [2.24, 2.45) is 11.7 Å². The van der Waals surface area contributed by atoms with E-state index in [-0.39, 0.29) is 23.1 Å². The van der Waals surface area contributed by atoms with Gasteiger partial charge in [0.25, 0.3) is 0 Å². The first-order valence-corrected chi connectivity index (χ1v) is 10.6. The molecule has 1 aliphatic carbocycles. The van der Waals surface area contributed by atoms with Crippen LogP contribution in [0.5, 0.6) is 0 Å². The number of benzene rings is 1. The van der Waals surface area contributed by atoms with Crippen LogP contribution < -0.4 is 11.1 Å². The summed E-state index contributed by atoms with van der Waals surface area (Å²) in [6, 6.07) is 6.00. The van der Waals surface area contributed by atoms with E-state index < -0.39 is 9.84 Å². The van der Waals surface area contributed by atoms with Gasteiger partial charge in [-0.3, -0.25) is 4.79 Å². The van der Waals surface area contributed by atoms with Crippen LogP contribution in [0, 0.1) is 5.92 Å². The van der Waals surface area contributed by atoms with Gasteiger partial charge in [0, 0.05) is 18.8 Å². The number of anilines is 1. The third-order valence-electron chi connectivity index (χ3n) is 5.29. The maximum absolute atomic E-state index is 12.6. The number of likely N-dealkylation sites (tertiary alicyclic amines) is 1. The number of nitrogens with zero attached hydrogens (tertiary/aromatic N) is 1. The van der Waals surface area contributed by atoms with Gasteiger partial charge in [-0.05, 0) is 49.9 Å². The first-order valence-electron chi connectivity index (χ1n) is 9.07. The largest absolute Gasteiger partial charge is 0.369 e. The fourth-order valence-electron chi connectivity index (χ4n) is 3.72. The Balaban J connectivity index is 1.64. The number of hydrogen-bond donors (Lipinski definition) is 2. The normalized spacial score (nSPS) is 21.5. The fourth-order valence-corrected chi connectivity index (χ4v) is 5.57. The molecule has 1 saturated carbocycles. The van der Waals surface area contributed by atoms with Crippen molar-refractivity contribution < 1.29 is 18.0 Å². The van der Waals surface area contributed by atoms with Gasteiger partial charge in [0.05, 0.1) is 16.1 Å². The third-order valence-corrected chi connectivity index (χ3v) is 7.56. The third kappa shape index (κ3) is 4.00. The summed E-state index contributed by atoms with van der Waals surface area (Å²) in [7, 11) is -3.30. The topological polar surface area (TPSA) is 110 Å². The maximum atomic E-state index is 12.6. The Morgan fingerprint density at radius 2 is 1.69 bits per heavy atom. The Morgan fingerprint density at radius 3 is 2.31 bits per heavy atom. The van der Waals surface area contributed by atoms with Crippen LogP contribution in [0.15, 0.2) is 29.2 Å². The van der Waals surface area contributed by atoms with E-state index in [2.05, 4.69) is 5.32 Å². The van der Waals surface area contributed by atoms with E-state index in [1.54, 1.807) is 29.2 Å². The molecular formula is C18H25N3O4S. The van der Waals surface area contributed by atoms with Crippen molar-refractivity contribution in [1.29, 1.82) is 0 Å². The smallest absolute Gasteiger partial charge is 0.321 e. The van der Waals surface area contributed by atoms with Crippen molar-refractivity contribution >= 4 is 27.5 Å². The monoisotopic (exact) mass is 379 g/mol. The van der Waals surface area contributed by atoms with Crippen molar-refractivity contribution in [1.82, 2.24) is 4.90 Å². The molecule has 1 heterocycles. The Labute approximate surface area is 153 Å². The molecule has 2 aliphatic rings. The summed E-state index contributed by atoms with van der Waals surface area (Å²) in [5.41, 5.74) is 5.87. The zero-order chi connectivity index (χ0) is 18.7. The van der Waals surface area contributed by atoms with E-state index in [0.29, 0.717) is 30.1 Å². The van der Waals surface area contributed by atoms with Gasteiger partial charge >= 0.3 is 6.03 Å². The number of rotatable bonds is 4. The predicted molar refractivity (Wildman–Crippen MR) is 98.4 cm³/mol. The zero-order valence-electron chi connectivity index (χ0n) is 14.7. The van der Waals surface area contributed by atoms with Crippen molar-refractivity contribution in [3.05, 3.63) is 24.3 Å². The lowest BCUT2D eigenvalue weighted by Crippen LogP contribution is -2.45. The van der Waals surface area contributed by atoms with Crippen LogP contribution in [0.4, 0.5) is 10.5 Å². The van der Waals surface area contributed by atoms with Crippen molar-refractivity contribution in [2.75, 3.05) is 18.4 Å². The molecule has 1 aromatic carbocycles. The first kappa shape index (κ1) is 18.7. The highest BCUT2D eigenvalue weighted by Crippen LogP contribution is 2.30. The van der Waals surface area contributed by atoms with Gasteiger partial charge in [0.1, 0.15) is 0 Å². The molecule has 7 nitrogen and oxygen atoms in total. The van der Waals surface area contributed by atoms with Gasteiger partial charge in [0.15, 0.2) is 9.84 Å². The molecule has 0 aromatic heterocycles. The second-order valence-electron chi connectivity index (χ2n) is 7.09. The van der Waals surface area contributed by atoms with Crippen LogP contribution in [-0.2, 0) is 14.6 Å². The average Bonchev–Trinajstić information content (AvgIpc) is 3.18. The molecule has 0 bridgehead atoms. The number of hydrogen-bond acceptors (Lipinski definition) is 4. The SMILES string of the molecule is NC(=O)C1CCCN(C(=O)Nc2ccc(S(=O)(=O)C3CCCC3)cc2)C1. The lowest BCUT2D eigenvalue weighted by atomic mass is 9.98. The maximum Gasteiger partial charge on any atom is 0.321 e. The number of piperidine rings is 1. The van der Waals surface area contributed by atoms with Gasteiger partial charge in [-0.15, -0.1) is 0 Å². The molecule has 3 rings (SSSR count). The minimum Gasteiger partial charge on any atom is -0.369 e. The fraction of sp³-hybridized carbons (Fsp3) is 0.556. The molecule has 8 heteroatoms. The van der Waals surface area contributed by atoms with Gasteiger partial charge in [-0.1, -0.05) is 12.8 Å². The number of amides is 3. The highest BCUT2D eigenvalue weighted by molar-refractivity contribution is 7.92. The number of sulfone groups is 1. The van der Waals surface area contributed by atoms with E-state index in [0.717, 1.165) is 32.1 Å². The van der Waals surface area contributed by atoms with Crippen LogP contribution in [-0.4, -0.2) is 43.6 Å². The quantitative estimate of drug-likeness (QED) is 0.835. The number of carbonyl (C=O) groups is 2. The Kier molecular flexibility index (Phi) is 5.50. The summed E-state index contributed by atoms with van der Waals surface area (Å²) in [6.45, 7) is 0.888. The van der Waals surface area contributed by atoms with E-state index in [1.165, 1.54) is 0 Å². The van der Waals surface area contributed by atoms with Crippen molar-refractivity contribution in [3.8, 4) is 0 Å². The number of primary amides is 1. The van der Waals surface area contributed by atoms with Crippen LogP contribution in [0.2, 0.25) is 0 Å². The minimum absolute atomic E-state index is 0.290. The molecule has 142 valence electrons. The Morgan fingerprint density at radius 1 is 1.04 bits per heavy atom. The van der Waals surface area contributed by atoms with Crippen LogP contribution in [0.25, 0.3) is 0 Å². The summed E-state index contributed by atoms with van der Waals surface area (Å²) < 4.78 is 25.2. The summed E-state index contributed by atoms with van der Waals surface area (Å²) in [6.07, 6.45) is 4.79. The Bertz CT molecular complexity index is 770. The van der Waals surface area contributed by atoms with Gasteiger partial charge in [-0.2, -0.15) is 0 Å². The van der Waals surface area contributed by atoms with Crippen molar-refractivity contribution in [3.63, 3.8) is 0 Å². The molecule has 0 spiro atoms. The number of carbonyl (C=O) groups excluding carboxylic acids is 2. The molecule has 2 fully saturated rings. The Hall–Kier alpha value is -2.09. The lowest BCUT2D eigenvalue weighted by Gasteiger charge is -2.31. The number of urea groups is 1. The highest BCUT2D eigenvalue weighted by atomic mass is 32.2. The molecule has 1 saturated heterocycles. The molecule has 1 aliphatic heterocycles.